The van der Waals surface area contributed by atoms with Gasteiger partial charge >= 0.3 is 29.8 Å². The average molecular weight is 1450 g/mol. The fraction of sp³-hybridized carbons (Fsp3) is 0.306. The molecule has 0 spiro atoms. The third-order valence-electron chi connectivity index (χ3n) is 19.8. The third kappa shape index (κ3) is 16.6. The van der Waals surface area contributed by atoms with Gasteiger partial charge in [-0.15, -0.1) is 0 Å². The van der Waals surface area contributed by atoms with Gasteiger partial charge in [0.05, 0.1) is 47.6 Å². The second kappa shape index (κ2) is 32.4. The number of benzene rings is 9. The van der Waals surface area contributed by atoms with Crippen molar-refractivity contribution in [1.29, 1.82) is 0 Å². The Hall–Kier alpha value is -9.26. The molecule has 2 heterocycles. The molecule has 9 atom stereocenters. The van der Waals surface area contributed by atoms with Crippen molar-refractivity contribution in [1.82, 2.24) is 0 Å². The molecule has 9 aromatic rings. The van der Waals surface area contributed by atoms with E-state index in [4.69, 9.17) is 51.2 Å². The lowest BCUT2D eigenvalue weighted by Crippen LogP contribution is -2.69. The summed E-state index contributed by atoms with van der Waals surface area (Å²) < 4.78 is 80.1. The zero-order valence-electron chi connectivity index (χ0n) is 60.8. The molecule has 11 rings (SSSR count). The van der Waals surface area contributed by atoms with Crippen molar-refractivity contribution in [3.8, 4) is 0 Å². The SMILES string of the molecule is CC(C)(C)[Si](C)(C)OC[C@@]1(O[C@H]2O[C@H](CO[Si](c3ccccc3)(c3ccccc3)C(C)(C)C)[C@@H](OC(=O)c3ccccc3)[C@H](OC(=O)c3ccccc3)[C@H]2OC(=O)c2ccccc2)O[C@H](CO[Si](c2ccccc2)(c2ccccc2)C(C)(C)C)[C@@H](OC(=O)c2ccccc2)[C@@H]1OC(=O)c1ccccc1. The topological polar surface area (TPSA) is 187 Å². The van der Waals surface area contributed by atoms with Crippen molar-refractivity contribution in [2.24, 2.45) is 0 Å². The quantitative estimate of drug-likeness (QED) is 0.0298. The van der Waals surface area contributed by atoms with Gasteiger partial charge in [-0.25, -0.2) is 24.0 Å². The summed E-state index contributed by atoms with van der Waals surface area (Å²) in [5, 5.41) is 1.90. The van der Waals surface area contributed by atoms with Gasteiger partial charge in [0, 0.05) is 0 Å². The maximum atomic E-state index is 15.5. The Bertz CT molecular complexity index is 4220. The summed E-state index contributed by atoms with van der Waals surface area (Å²) in [7, 11) is -10.2. The van der Waals surface area contributed by atoms with E-state index in [-0.39, 0.29) is 34.4 Å². The predicted octanol–water partition coefficient (Wildman–Crippen LogP) is 14.1. The van der Waals surface area contributed by atoms with Crippen LogP contribution in [0.2, 0.25) is 28.2 Å². The maximum absolute atomic E-state index is 15.5. The molecule has 2 aliphatic rings. The molecule has 104 heavy (non-hydrogen) atoms. The number of carbonyl (C=O) groups is 5. The lowest BCUT2D eigenvalue weighted by atomic mass is 9.97. The molecule has 2 saturated heterocycles. The van der Waals surface area contributed by atoms with Crippen LogP contribution in [0.15, 0.2) is 273 Å². The van der Waals surface area contributed by atoms with Crippen molar-refractivity contribution < 1.29 is 75.1 Å². The summed E-state index contributed by atoms with van der Waals surface area (Å²) >= 11 is 0. The van der Waals surface area contributed by atoms with Gasteiger partial charge < -0.3 is 51.2 Å². The molecule has 19 heteroatoms. The molecule has 0 unspecified atom stereocenters. The van der Waals surface area contributed by atoms with E-state index in [0.29, 0.717) is 0 Å². The molecule has 0 aromatic heterocycles. The standard InChI is InChI=1S/C85H92O16Si3/c1-82(2,3)102(10,11)93-59-85(75(99-80(90)64-47-29-16-30-48-64)72(96-77(87)61-41-23-13-24-42-61)70(100-85)58-92-104(84(7,8)9,67-53-35-19-36-54-67)68-55-37-20-38-56-68)101-81-74(98-79(89)63-45-27-15-28-46-63)73(97-78(88)62-43-25-14-26-44-62)71(95-76(86)60-39-21-12-22-40-60)69(94-81)57-91-103(83(4,5)6,65-49-31-17-32-50-65)66-51-33-18-34-52-66/h12-56,69-75,81H,57-59H2,1-11H3/t69-,70-,71-,72-,73+,74-,75+,81-,85+/m1/s1. The van der Waals surface area contributed by atoms with Crippen molar-refractivity contribution in [2.75, 3.05) is 19.8 Å². The van der Waals surface area contributed by atoms with E-state index in [2.05, 4.69) is 62.3 Å². The largest absolute Gasteiger partial charge is 0.452 e. The van der Waals surface area contributed by atoms with Crippen LogP contribution in [0.3, 0.4) is 0 Å². The first-order valence-corrected chi connectivity index (χ1v) is 41.9. The first kappa shape index (κ1) is 75.9. The van der Waals surface area contributed by atoms with Crippen LogP contribution in [-0.2, 0) is 51.2 Å². The van der Waals surface area contributed by atoms with Crippen molar-refractivity contribution in [2.45, 2.75) is 145 Å². The predicted molar refractivity (Wildman–Crippen MR) is 406 cm³/mol. The summed E-state index contributed by atoms with van der Waals surface area (Å²) in [6.45, 7) is 21.6. The second-order valence-electron chi connectivity index (χ2n) is 29.8. The minimum Gasteiger partial charge on any atom is -0.452 e. The van der Waals surface area contributed by atoms with Crippen LogP contribution in [-0.4, -0.2) is 129 Å². The molecular weight excluding hydrogens is 1360 g/mol. The Kier molecular flexibility index (Phi) is 23.6. The highest BCUT2D eigenvalue weighted by molar-refractivity contribution is 7.00. The van der Waals surface area contributed by atoms with Crippen LogP contribution >= 0.6 is 0 Å². The fourth-order valence-corrected chi connectivity index (χ4v) is 23.6. The molecule has 2 fully saturated rings. The normalized spacial score (nSPS) is 20.9. The van der Waals surface area contributed by atoms with E-state index >= 15 is 24.0 Å². The molecular formula is C85H92O16Si3. The molecule has 9 aromatic carbocycles. The number of carbonyl (C=O) groups excluding carboxylic acids is 5. The summed E-state index contributed by atoms with van der Waals surface area (Å²) in [6, 6.07) is 81.1. The van der Waals surface area contributed by atoms with Gasteiger partial charge in [-0.05, 0) is 110 Å². The van der Waals surface area contributed by atoms with E-state index in [1.807, 2.05) is 134 Å². The van der Waals surface area contributed by atoms with Gasteiger partial charge in [-0.1, -0.05) is 275 Å². The molecule has 16 nitrogen and oxygen atoms in total. The number of hydrogen-bond donors (Lipinski definition) is 0. The van der Waals surface area contributed by atoms with Gasteiger partial charge in [0.15, 0.2) is 38.8 Å². The first-order chi connectivity index (χ1) is 49.7. The Morgan fingerprint density at radius 1 is 0.337 bits per heavy atom. The summed E-state index contributed by atoms with van der Waals surface area (Å²) in [6.07, 6.45) is -13.9. The van der Waals surface area contributed by atoms with Gasteiger partial charge in [0.1, 0.15) is 12.2 Å². The van der Waals surface area contributed by atoms with Gasteiger partial charge in [-0.2, -0.15) is 0 Å². The molecule has 0 bridgehead atoms. The zero-order valence-corrected chi connectivity index (χ0v) is 63.8. The van der Waals surface area contributed by atoms with Crippen LogP contribution < -0.4 is 20.7 Å². The second-order valence-corrected chi connectivity index (χ2v) is 43.2. The van der Waals surface area contributed by atoms with Crippen LogP contribution in [0.4, 0.5) is 0 Å². The van der Waals surface area contributed by atoms with E-state index in [0.717, 1.165) is 20.7 Å². The van der Waals surface area contributed by atoms with Gasteiger partial charge in [0.25, 0.3) is 16.6 Å². The molecule has 540 valence electrons. The zero-order chi connectivity index (χ0) is 73.9. The van der Waals surface area contributed by atoms with Crippen LogP contribution in [0.1, 0.15) is 114 Å². The smallest absolute Gasteiger partial charge is 0.338 e. The lowest BCUT2D eigenvalue weighted by molar-refractivity contribution is -0.380. The minimum absolute atomic E-state index is 0.0746. The minimum atomic E-state index is -3.61. The summed E-state index contributed by atoms with van der Waals surface area (Å²) in [5.74, 6) is -6.86. The van der Waals surface area contributed by atoms with Crippen molar-refractivity contribution >= 4 is 75.5 Å². The summed E-state index contributed by atoms with van der Waals surface area (Å²) in [4.78, 5) is 76.7. The molecule has 0 radical (unpaired) electrons. The first-order valence-electron chi connectivity index (χ1n) is 35.2. The molecule has 0 amide bonds. The fourth-order valence-electron chi connectivity index (χ4n) is 13.5. The summed E-state index contributed by atoms with van der Waals surface area (Å²) in [5.41, 5.74) is 0.582. The number of hydrogen-bond acceptors (Lipinski definition) is 16. The van der Waals surface area contributed by atoms with E-state index < -0.39 is 138 Å². The van der Waals surface area contributed by atoms with E-state index in [1.165, 1.54) is 0 Å². The van der Waals surface area contributed by atoms with Gasteiger partial charge in [-0.3, -0.25) is 0 Å². The highest BCUT2D eigenvalue weighted by Gasteiger charge is 2.66. The Balaban J connectivity index is 1.17. The molecule has 2 aliphatic heterocycles. The maximum Gasteiger partial charge on any atom is 0.338 e. The highest BCUT2D eigenvalue weighted by atomic mass is 28.4. The third-order valence-corrected chi connectivity index (χ3v) is 34.3. The Morgan fingerprint density at radius 2 is 0.615 bits per heavy atom. The average Bonchev–Trinajstić information content (AvgIpc) is 1.30. The lowest BCUT2D eigenvalue weighted by Gasteiger charge is -2.49. The Morgan fingerprint density at radius 3 is 0.933 bits per heavy atom. The highest BCUT2D eigenvalue weighted by Crippen LogP contribution is 2.47. The number of ether oxygens (including phenoxy) is 8. The van der Waals surface area contributed by atoms with Gasteiger partial charge in [0.2, 0.25) is 12.1 Å². The molecule has 0 N–H and O–H groups in total. The monoisotopic (exact) mass is 1450 g/mol. The number of esters is 5. The number of rotatable bonds is 25. The molecule has 0 saturated carbocycles. The van der Waals surface area contributed by atoms with Crippen molar-refractivity contribution in [3.63, 3.8) is 0 Å². The Labute approximate surface area is 613 Å². The van der Waals surface area contributed by atoms with E-state index in [1.54, 1.807) is 152 Å². The van der Waals surface area contributed by atoms with Crippen molar-refractivity contribution in [3.05, 3.63) is 301 Å². The van der Waals surface area contributed by atoms with Crippen LogP contribution in [0.25, 0.3) is 0 Å². The van der Waals surface area contributed by atoms with Crippen LogP contribution in [0.5, 0.6) is 0 Å². The van der Waals surface area contributed by atoms with E-state index in [9.17, 15) is 0 Å². The molecule has 0 aliphatic carbocycles. The van der Waals surface area contributed by atoms with Crippen LogP contribution in [0, 0.1) is 0 Å².